The van der Waals surface area contributed by atoms with Crippen molar-refractivity contribution in [2.24, 2.45) is 0 Å². The molecule has 0 unspecified atom stereocenters. The molecule has 0 amide bonds. The van der Waals surface area contributed by atoms with E-state index in [4.69, 9.17) is 5.26 Å². The Hall–Kier alpha value is -1.75. The number of hydrogen-bond donors (Lipinski definition) is 0. The summed E-state index contributed by atoms with van der Waals surface area (Å²) >= 11 is 0. The standard InChI is InChI=1S/C11H12N2/c1-13(2)8-7-10-3-5-11(9-12)6-4-10/h3-8H,1-2H3/b8-7-. The minimum Gasteiger partial charge on any atom is -0.383 e. The average Bonchev–Trinajstić information content (AvgIpc) is 2.15. The first kappa shape index (κ1) is 9.34. The van der Waals surface area contributed by atoms with Crippen LogP contribution < -0.4 is 0 Å². The maximum Gasteiger partial charge on any atom is 0.0991 e. The molecule has 0 fully saturated rings. The Morgan fingerprint density at radius 1 is 1.23 bits per heavy atom. The predicted molar refractivity (Wildman–Crippen MR) is 53.9 cm³/mol. The van der Waals surface area contributed by atoms with E-state index in [9.17, 15) is 0 Å². The zero-order chi connectivity index (χ0) is 9.68. The normalized spacial score (nSPS) is 9.92. The molecule has 2 heteroatoms. The van der Waals surface area contributed by atoms with Crippen LogP contribution >= 0.6 is 0 Å². The highest BCUT2D eigenvalue weighted by Gasteiger charge is 1.88. The SMILES string of the molecule is CN(C)/C=C\c1ccc(C#N)cc1. The molecule has 0 saturated heterocycles. The Morgan fingerprint density at radius 2 is 1.85 bits per heavy atom. The fourth-order valence-corrected chi connectivity index (χ4v) is 0.904. The number of nitrogens with zero attached hydrogens (tertiary/aromatic N) is 2. The lowest BCUT2D eigenvalue weighted by Gasteiger charge is -2.02. The van der Waals surface area contributed by atoms with Crippen LogP contribution in [0.3, 0.4) is 0 Å². The van der Waals surface area contributed by atoms with E-state index in [1.54, 1.807) is 0 Å². The minimum absolute atomic E-state index is 0.696. The molecule has 1 rings (SSSR count). The van der Waals surface area contributed by atoms with E-state index in [1.165, 1.54) is 0 Å². The molecule has 0 aliphatic rings. The van der Waals surface area contributed by atoms with Gasteiger partial charge in [0.05, 0.1) is 11.6 Å². The van der Waals surface area contributed by atoms with Crippen LogP contribution in [0.25, 0.3) is 6.08 Å². The molecule has 0 spiro atoms. The summed E-state index contributed by atoms with van der Waals surface area (Å²) in [6, 6.07) is 9.57. The van der Waals surface area contributed by atoms with Crippen LogP contribution in [0.2, 0.25) is 0 Å². The summed E-state index contributed by atoms with van der Waals surface area (Å²) in [5.74, 6) is 0. The van der Waals surface area contributed by atoms with Crippen molar-refractivity contribution in [3.05, 3.63) is 41.6 Å². The molecule has 13 heavy (non-hydrogen) atoms. The van der Waals surface area contributed by atoms with Crippen molar-refractivity contribution in [2.75, 3.05) is 14.1 Å². The molecular formula is C11H12N2. The van der Waals surface area contributed by atoms with Gasteiger partial charge in [0, 0.05) is 14.1 Å². The van der Waals surface area contributed by atoms with E-state index in [-0.39, 0.29) is 0 Å². The highest BCUT2D eigenvalue weighted by Crippen LogP contribution is 2.05. The molecular weight excluding hydrogens is 160 g/mol. The third-order valence-corrected chi connectivity index (χ3v) is 1.60. The summed E-state index contributed by atoms with van der Waals surface area (Å²) in [5.41, 5.74) is 1.80. The monoisotopic (exact) mass is 172 g/mol. The second-order valence-corrected chi connectivity index (χ2v) is 3.01. The maximum absolute atomic E-state index is 8.57. The van der Waals surface area contributed by atoms with Crippen molar-refractivity contribution in [3.63, 3.8) is 0 Å². The zero-order valence-electron chi connectivity index (χ0n) is 7.86. The fraction of sp³-hybridized carbons (Fsp3) is 0.182. The first-order chi connectivity index (χ1) is 6.22. The molecule has 0 bridgehead atoms. The van der Waals surface area contributed by atoms with E-state index in [1.807, 2.05) is 55.5 Å². The summed E-state index contributed by atoms with van der Waals surface area (Å²) in [7, 11) is 3.94. The molecule has 0 aliphatic heterocycles. The van der Waals surface area contributed by atoms with Crippen LogP contribution in [-0.2, 0) is 0 Å². The Labute approximate surface area is 78.7 Å². The second-order valence-electron chi connectivity index (χ2n) is 3.01. The Morgan fingerprint density at radius 3 is 2.31 bits per heavy atom. The lowest BCUT2D eigenvalue weighted by Crippen LogP contribution is -1.99. The second kappa shape index (κ2) is 4.32. The van der Waals surface area contributed by atoms with Crippen LogP contribution in [0.5, 0.6) is 0 Å². The number of benzene rings is 1. The fourth-order valence-electron chi connectivity index (χ4n) is 0.904. The Bertz CT molecular complexity index is 328. The van der Waals surface area contributed by atoms with Crippen LogP contribution in [-0.4, -0.2) is 19.0 Å². The largest absolute Gasteiger partial charge is 0.383 e. The van der Waals surface area contributed by atoms with E-state index in [2.05, 4.69) is 6.07 Å². The molecule has 1 aromatic carbocycles. The highest BCUT2D eigenvalue weighted by atomic mass is 15.0. The van der Waals surface area contributed by atoms with Gasteiger partial charge in [-0.2, -0.15) is 5.26 Å². The van der Waals surface area contributed by atoms with Crippen LogP contribution in [0.1, 0.15) is 11.1 Å². The quantitative estimate of drug-likeness (QED) is 0.683. The van der Waals surface area contributed by atoms with Gasteiger partial charge < -0.3 is 4.90 Å². The summed E-state index contributed by atoms with van der Waals surface area (Å²) in [6.45, 7) is 0. The minimum atomic E-state index is 0.696. The van der Waals surface area contributed by atoms with Gasteiger partial charge in [-0.1, -0.05) is 12.1 Å². The van der Waals surface area contributed by atoms with E-state index >= 15 is 0 Å². The van der Waals surface area contributed by atoms with Gasteiger partial charge >= 0.3 is 0 Å². The van der Waals surface area contributed by atoms with Crippen molar-refractivity contribution in [2.45, 2.75) is 0 Å². The molecule has 0 aromatic heterocycles. The molecule has 0 heterocycles. The van der Waals surface area contributed by atoms with Crippen LogP contribution in [0, 0.1) is 11.3 Å². The van der Waals surface area contributed by atoms with Crippen molar-refractivity contribution in [1.82, 2.24) is 4.90 Å². The van der Waals surface area contributed by atoms with Gasteiger partial charge in [-0.15, -0.1) is 0 Å². The van der Waals surface area contributed by atoms with Crippen molar-refractivity contribution in [1.29, 1.82) is 5.26 Å². The van der Waals surface area contributed by atoms with E-state index in [0.29, 0.717) is 5.56 Å². The summed E-state index contributed by atoms with van der Waals surface area (Å²) < 4.78 is 0. The summed E-state index contributed by atoms with van der Waals surface area (Å²) in [6.07, 6.45) is 3.97. The molecule has 0 saturated carbocycles. The third kappa shape index (κ3) is 3.00. The summed E-state index contributed by atoms with van der Waals surface area (Å²) in [5, 5.41) is 8.57. The van der Waals surface area contributed by atoms with Gasteiger partial charge in [0.2, 0.25) is 0 Å². The number of nitriles is 1. The van der Waals surface area contributed by atoms with Gasteiger partial charge in [0.15, 0.2) is 0 Å². The van der Waals surface area contributed by atoms with Crippen LogP contribution in [0.15, 0.2) is 30.5 Å². The van der Waals surface area contributed by atoms with Gasteiger partial charge in [0.1, 0.15) is 0 Å². The Balaban J connectivity index is 2.76. The highest BCUT2D eigenvalue weighted by molar-refractivity contribution is 5.50. The van der Waals surface area contributed by atoms with Gasteiger partial charge in [-0.05, 0) is 30.0 Å². The summed E-state index contributed by atoms with van der Waals surface area (Å²) in [4.78, 5) is 1.97. The topological polar surface area (TPSA) is 27.0 Å². The average molecular weight is 172 g/mol. The Kier molecular flexibility index (Phi) is 3.10. The van der Waals surface area contributed by atoms with Crippen molar-refractivity contribution >= 4 is 6.08 Å². The number of rotatable bonds is 2. The molecule has 2 nitrogen and oxygen atoms in total. The zero-order valence-corrected chi connectivity index (χ0v) is 7.86. The van der Waals surface area contributed by atoms with Gasteiger partial charge in [0.25, 0.3) is 0 Å². The predicted octanol–water partition coefficient (Wildman–Crippen LogP) is 2.09. The van der Waals surface area contributed by atoms with Crippen molar-refractivity contribution < 1.29 is 0 Å². The smallest absolute Gasteiger partial charge is 0.0991 e. The number of hydrogen-bond acceptors (Lipinski definition) is 2. The molecule has 0 N–H and O–H groups in total. The van der Waals surface area contributed by atoms with Gasteiger partial charge in [-0.3, -0.25) is 0 Å². The first-order valence-electron chi connectivity index (χ1n) is 4.07. The van der Waals surface area contributed by atoms with Crippen molar-refractivity contribution in [3.8, 4) is 6.07 Å². The van der Waals surface area contributed by atoms with Crippen LogP contribution in [0.4, 0.5) is 0 Å². The maximum atomic E-state index is 8.57. The van der Waals surface area contributed by atoms with E-state index in [0.717, 1.165) is 5.56 Å². The molecule has 0 atom stereocenters. The molecule has 0 radical (unpaired) electrons. The third-order valence-electron chi connectivity index (χ3n) is 1.60. The lowest BCUT2D eigenvalue weighted by atomic mass is 10.1. The molecule has 0 aliphatic carbocycles. The molecule has 1 aromatic rings. The van der Waals surface area contributed by atoms with E-state index < -0.39 is 0 Å². The van der Waals surface area contributed by atoms with Gasteiger partial charge in [-0.25, -0.2) is 0 Å². The molecule has 66 valence electrons. The first-order valence-corrected chi connectivity index (χ1v) is 4.07. The lowest BCUT2D eigenvalue weighted by molar-refractivity contribution is 0.567.